The second-order valence-electron chi connectivity index (χ2n) is 10.3. The molecule has 2 saturated heterocycles. The van der Waals surface area contributed by atoms with Crippen LogP contribution in [0.25, 0.3) is 6.08 Å². The number of fused-ring (bicyclic) bond motifs is 1. The average Bonchev–Trinajstić information content (AvgIpc) is 2.98. The van der Waals surface area contributed by atoms with Crippen molar-refractivity contribution in [1.82, 2.24) is 0 Å². The maximum atomic E-state index is 10.6. The van der Waals surface area contributed by atoms with Crippen molar-refractivity contribution in [2.75, 3.05) is 13.2 Å². The van der Waals surface area contributed by atoms with Crippen LogP contribution in [0.2, 0.25) is 0 Å². The molecule has 236 valence electrons. The minimum atomic E-state index is -1.81. The third kappa shape index (κ3) is 5.89. The van der Waals surface area contributed by atoms with Crippen molar-refractivity contribution >= 4 is 6.08 Å². The minimum Gasteiger partial charge on any atom is -0.508 e. The quantitative estimate of drug-likeness (QED) is 0.142. The summed E-state index contributed by atoms with van der Waals surface area (Å²) in [6.45, 7) is -1.45. The number of hydrogen-bond donors (Lipinski definition) is 11. The number of aromatic hydroxyl groups is 3. The molecule has 0 spiro atoms. The Morgan fingerprint density at radius 2 is 1.23 bits per heavy atom. The summed E-state index contributed by atoms with van der Waals surface area (Å²) in [4.78, 5) is 0. The van der Waals surface area contributed by atoms with Crippen molar-refractivity contribution in [3.63, 3.8) is 0 Å². The normalized spacial score (nSPS) is 35.8. The summed E-state index contributed by atoms with van der Waals surface area (Å²) in [7, 11) is 0. The van der Waals surface area contributed by atoms with Crippen LogP contribution < -0.4 is 9.47 Å². The molecule has 3 unspecified atom stereocenters. The van der Waals surface area contributed by atoms with Gasteiger partial charge in [-0.25, -0.2) is 0 Å². The molecule has 3 heterocycles. The maximum Gasteiger partial charge on any atom is 0.229 e. The van der Waals surface area contributed by atoms with Crippen molar-refractivity contribution in [2.24, 2.45) is 0 Å². The fraction of sp³-hybridized carbons (Fsp3) is 0.481. The van der Waals surface area contributed by atoms with Crippen molar-refractivity contribution in [1.29, 1.82) is 0 Å². The summed E-state index contributed by atoms with van der Waals surface area (Å²) in [6, 6.07) is 6.01. The van der Waals surface area contributed by atoms with Crippen LogP contribution in [0.5, 0.6) is 28.7 Å². The number of aliphatic hydroxyl groups excluding tert-OH is 8. The van der Waals surface area contributed by atoms with Crippen molar-refractivity contribution in [2.45, 2.75) is 67.5 Å². The summed E-state index contributed by atoms with van der Waals surface area (Å²) >= 11 is 0. The summed E-state index contributed by atoms with van der Waals surface area (Å²) in [5.74, 6) is -1.70. The smallest absolute Gasteiger partial charge is 0.229 e. The molecule has 3 aliphatic rings. The Morgan fingerprint density at radius 3 is 1.79 bits per heavy atom. The Bertz CT molecular complexity index is 1330. The first-order valence-corrected chi connectivity index (χ1v) is 13.1. The fourth-order valence-electron chi connectivity index (χ4n) is 4.95. The lowest BCUT2D eigenvalue weighted by Gasteiger charge is -2.41. The molecule has 11 atom stereocenters. The van der Waals surface area contributed by atoms with Gasteiger partial charge in [-0.3, -0.25) is 0 Å². The number of phenols is 3. The average molecular weight is 613 g/mol. The molecule has 16 heteroatoms. The number of rotatable bonds is 7. The largest absolute Gasteiger partial charge is 0.508 e. The van der Waals surface area contributed by atoms with Crippen LogP contribution in [0.15, 0.2) is 36.1 Å². The highest BCUT2D eigenvalue weighted by Crippen LogP contribution is 2.46. The van der Waals surface area contributed by atoms with E-state index in [4.69, 9.17) is 23.7 Å². The number of hydrogen-bond acceptors (Lipinski definition) is 16. The van der Waals surface area contributed by atoms with Gasteiger partial charge in [-0.05, 0) is 18.2 Å². The van der Waals surface area contributed by atoms with Crippen molar-refractivity contribution < 1.29 is 79.9 Å². The second-order valence-corrected chi connectivity index (χ2v) is 10.3. The first-order chi connectivity index (χ1) is 20.4. The topological polar surface area (TPSA) is 269 Å². The van der Waals surface area contributed by atoms with Gasteiger partial charge in [-0.1, -0.05) is 6.07 Å². The van der Waals surface area contributed by atoms with E-state index in [1.54, 1.807) is 0 Å². The molecule has 5 rings (SSSR count). The van der Waals surface area contributed by atoms with Crippen LogP contribution in [0.3, 0.4) is 0 Å². The van der Waals surface area contributed by atoms with E-state index >= 15 is 0 Å². The van der Waals surface area contributed by atoms with Crippen LogP contribution in [0.1, 0.15) is 17.2 Å². The lowest BCUT2D eigenvalue weighted by Crippen LogP contribution is -2.60. The van der Waals surface area contributed by atoms with E-state index in [2.05, 4.69) is 0 Å². The monoisotopic (exact) mass is 612 g/mol. The lowest BCUT2D eigenvalue weighted by molar-refractivity contribution is -0.293. The van der Waals surface area contributed by atoms with E-state index in [0.29, 0.717) is 0 Å². The van der Waals surface area contributed by atoms with E-state index in [1.165, 1.54) is 24.3 Å². The van der Waals surface area contributed by atoms with Gasteiger partial charge in [0.25, 0.3) is 0 Å². The molecule has 0 amide bonds. The minimum absolute atomic E-state index is 0.0293. The summed E-state index contributed by atoms with van der Waals surface area (Å²) < 4.78 is 28.6. The first-order valence-electron chi connectivity index (χ1n) is 13.1. The van der Waals surface area contributed by atoms with E-state index in [0.717, 1.165) is 12.1 Å². The molecule has 2 aromatic carbocycles. The fourth-order valence-corrected chi connectivity index (χ4v) is 4.95. The third-order valence-electron chi connectivity index (χ3n) is 7.37. The lowest BCUT2D eigenvalue weighted by atomic mass is 9.98. The van der Waals surface area contributed by atoms with Crippen LogP contribution in [-0.2, 0) is 14.2 Å². The van der Waals surface area contributed by atoms with Gasteiger partial charge in [0.15, 0.2) is 17.6 Å². The molecule has 0 radical (unpaired) electrons. The van der Waals surface area contributed by atoms with Gasteiger partial charge in [0.2, 0.25) is 12.6 Å². The van der Waals surface area contributed by atoms with Gasteiger partial charge in [0.05, 0.1) is 18.8 Å². The number of ether oxygens (including phenoxy) is 5. The van der Waals surface area contributed by atoms with Gasteiger partial charge >= 0.3 is 0 Å². The van der Waals surface area contributed by atoms with Gasteiger partial charge in [-0.15, -0.1) is 0 Å². The molecular weight excluding hydrogens is 580 g/mol. The molecule has 0 bridgehead atoms. The highest BCUT2D eigenvalue weighted by atomic mass is 16.7. The Hall–Kier alpha value is -3.42. The molecular formula is C27H32O16. The standard InChI is InChI=1S/C27H32O16/c28-7-17-19(33)21(35)23(37)26(42-17)40-15-5-10(30)4-14-11(15)6-16(25(39-14)9-1-2-12(31)13(32)3-9)41-27-24(38)22(36)20(34)18(8-29)43-27/h1-6,17-38H,7-8H2/t17-,18-,19-,20-,21+,22+,23-,24-,25?,26?,27?/m1/s1. The van der Waals surface area contributed by atoms with Gasteiger partial charge in [-0.2, -0.15) is 0 Å². The van der Waals surface area contributed by atoms with Crippen LogP contribution in [0, 0.1) is 0 Å². The highest BCUT2D eigenvalue weighted by molar-refractivity contribution is 5.70. The van der Waals surface area contributed by atoms with Crippen LogP contribution in [-0.4, -0.2) is 131 Å². The molecule has 0 saturated carbocycles. The molecule has 16 nitrogen and oxygen atoms in total. The third-order valence-corrected chi connectivity index (χ3v) is 7.37. The number of aliphatic hydroxyl groups is 8. The van der Waals surface area contributed by atoms with Gasteiger partial charge in [0.1, 0.15) is 71.8 Å². The molecule has 11 N–H and O–H groups in total. The van der Waals surface area contributed by atoms with E-state index in [-0.39, 0.29) is 34.1 Å². The Morgan fingerprint density at radius 1 is 0.651 bits per heavy atom. The zero-order chi connectivity index (χ0) is 31.2. The Kier molecular flexibility index (Phi) is 8.87. The zero-order valence-corrected chi connectivity index (χ0v) is 22.2. The maximum absolute atomic E-state index is 10.6. The Labute approximate surface area is 243 Å². The second kappa shape index (κ2) is 12.3. The Balaban J connectivity index is 1.54. The zero-order valence-electron chi connectivity index (χ0n) is 22.2. The van der Waals surface area contributed by atoms with Gasteiger partial charge in [0, 0.05) is 17.7 Å². The summed E-state index contributed by atoms with van der Waals surface area (Å²) in [6.07, 6.45) is -16.3. The van der Waals surface area contributed by atoms with Gasteiger partial charge < -0.3 is 79.9 Å². The SMILES string of the molecule is OC[C@H]1OC(OC2=Cc3c(cc(O)cc3OC3O[C@H](CO)[C@@H](O)[C@H](O)[C@H]3O)OC2c2ccc(O)c(O)c2)[C@H](O)[C@@H](O)[C@@H]1O. The predicted octanol–water partition coefficient (Wildman–Crippen LogP) is -2.73. The summed E-state index contributed by atoms with van der Waals surface area (Å²) in [5, 5.41) is 111. The summed E-state index contributed by atoms with van der Waals surface area (Å²) in [5.41, 5.74) is 0.269. The van der Waals surface area contributed by atoms with Crippen LogP contribution >= 0.6 is 0 Å². The molecule has 2 fully saturated rings. The van der Waals surface area contributed by atoms with Crippen molar-refractivity contribution in [3.8, 4) is 28.7 Å². The predicted molar refractivity (Wildman–Crippen MR) is 138 cm³/mol. The highest BCUT2D eigenvalue weighted by Gasteiger charge is 2.47. The van der Waals surface area contributed by atoms with E-state index < -0.39 is 92.2 Å². The number of benzene rings is 2. The van der Waals surface area contributed by atoms with E-state index in [1.807, 2.05) is 0 Å². The van der Waals surface area contributed by atoms with Crippen molar-refractivity contribution in [3.05, 3.63) is 47.2 Å². The van der Waals surface area contributed by atoms with E-state index in [9.17, 15) is 56.2 Å². The number of phenolic OH excluding ortho intramolecular Hbond substituents is 3. The molecule has 2 aromatic rings. The molecule has 0 aliphatic carbocycles. The molecule has 3 aliphatic heterocycles. The molecule has 0 aromatic heterocycles. The first kappa shape index (κ1) is 31.0. The van der Waals surface area contributed by atoms with Crippen LogP contribution in [0.4, 0.5) is 0 Å². The molecule has 43 heavy (non-hydrogen) atoms.